The van der Waals surface area contributed by atoms with E-state index < -0.39 is 0 Å². The van der Waals surface area contributed by atoms with Crippen LogP contribution >= 0.6 is 11.3 Å². The van der Waals surface area contributed by atoms with Crippen molar-refractivity contribution in [3.05, 3.63) is 51.7 Å². The number of hydrogen-bond donors (Lipinski definition) is 1. The van der Waals surface area contributed by atoms with Gasteiger partial charge in [-0.25, -0.2) is 0 Å². The minimum Gasteiger partial charge on any atom is -0.493 e. The van der Waals surface area contributed by atoms with Gasteiger partial charge in [0.1, 0.15) is 5.75 Å². The van der Waals surface area contributed by atoms with Crippen molar-refractivity contribution in [1.29, 1.82) is 0 Å². The molecule has 0 amide bonds. The molecule has 2 aromatic rings. The van der Waals surface area contributed by atoms with E-state index in [1.165, 1.54) is 16.0 Å². The molecule has 1 unspecified atom stereocenters. The molecule has 0 spiro atoms. The van der Waals surface area contributed by atoms with E-state index in [2.05, 4.69) is 54.9 Å². The monoisotopic (exact) mass is 275 g/mol. The number of aryl methyl sites for hydroxylation is 1. The van der Waals surface area contributed by atoms with Gasteiger partial charge in [0.2, 0.25) is 0 Å². The molecule has 0 radical (unpaired) electrons. The van der Waals surface area contributed by atoms with Crippen LogP contribution in [0.4, 0.5) is 0 Å². The Bertz CT molecular complexity index is 507. The zero-order valence-electron chi connectivity index (χ0n) is 11.8. The van der Waals surface area contributed by atoms with Gasteiger partial charge in [-0.15, -0.1) is 11.3 Å². The van der Waals surface area contributed by atoms with Crippen molar-refractivity contribution in [2.24, 2.45) is 0 Å². The first-order valence-electron chi connectivity index (χ1n) is 6.63. The molecule has 3 heteroatoms. The molecule has 1 aromatic carbocycles. The second-order valence-corrected chi connectivity index (χ2v) is 5.76. The molecule has 1 aromatic heterocycles. The quantitative estimate of drug-likeness (QED) is 0.861. The molecule has 102 valence electrons. The van der Waals surface area contributed by atoms with Crippen LogP contribution in [-0.4, -0.2) is 13.7 Å². The van der Waals surface area contributed by atoms with Crippen LogP contribution in [0, 0.1) is 6.92 Å². The molecular formula is C16H21NOS. The van der Waals surface area contributed by atoms with E-state index in [1.54, 1.807) is 11.3 Å². The lowest BCUT2D eigenvalue weighted by Gasteiger charge is -2.17. The van der Waals surface area contributed by atoms with Crippen molar-refractivity contribution in [2.75, 3.05) is 13.7 Å². The number of hydrogen-bond acceptors (Lipinski definition) is 3. The summed E-state index contributed by atoms with van der Waals surface area (Å²) < 4.78 is 5.98. The van der Waals surface area contributed by atoms with E-state index in [0.717, 1.165) is 18.8 Å². The van der Waals surface area contributed by atoms with Crippen LogP contribution in [0.25, 0.3) is 0 Å². The summed E-state index contributed by atoms with van der Waals surface area (Å²) in [7, 11) is 1.97. The average molecular weight is 275 g/mol. The fraction of sp³-hybridized carbons (Fsp3) is 0.375. The summed E-state index contributed by atoms with van der Waals surface area (Å²) in [6.07, 6.45) is 0.971. The Hall–Kier alpha value is -1.32. The van der Waals surface area contributed by atoms with Gasteiger partial charge in [0.05, 0.1) is 6.61 Å². The Morgan fingerprint density at radius 3 is 2.84 bits per heavy atom. The van der Waals surface area contributed by atoms with Crippen LogP contribution < -0.4 is 10.1 Å². The van der Waals surface area contributed by atoms with Gasteiger partial charge in [-0.2, -0.15) is 0 Å². The lowest BCUT2D eigenvalue weighted by molar-refractivity contribution is 0.316. The first-order chi connectivity index (χ1) is 9.20. The highest BCUT2D eigenvalue weighted by molar-refractivity contribution is 7.09. The van der Waals surface area contributed by atoms with Gasteiger partial charge in [-0.1, -0.05) is 18.2 Å². The maximum atomic E-state index is 5.98. The minimum absolute atomic E-state index is 0.303. The number of ether oxygens (including phenoxy) is 1. The molecule has 0 bridgehead atoms. The summed E-state index contributed by atoms with van der Waals surface area (Å²) in [4.78, 5) is 1.37. The van der Waals surface area contributed by atoms with Crippen molar-refractivity contribution in [2.45, 2.75) is 26.3 Å². The van der Waals surface area contributed by atoms with Crippen LogP contribution in [0.3, 0.4) is 0 Å². The predicted octanol–water partition coefficient (Wildman–Crippen LogP) is 3.96. The molecule has 0 saturated heterocycles. The average Bonchev–Trinajstić information content (AvgIpc) is 2.91. The van der Waals surface area contributed by atoms with E-state index in [-0.39, 0.29) is 0 Å². The summed E-state index contributed by atoms with van der Waals surface area (Å²) in [5, 5.41) is 5.37. The first-order valence-corrected chi connectivity index (χ1v) is 7.51. The highest BCUT2D eigenvalue weighted by atomic mass is 32.1. The third kappa shape index (κ3) is 3.82. The van der Waals surface area contributed by atoms with Crippen LogP contribution in [-0.2, 0) is 6.42 Å². The van der Waals surface area contributed by atoms with Gasteiger partial charge in [0.25, 0.3) is 0 Å². The Labute approximate surface area is 119 Å². The maximum absolute atomic E-state index is 5.98. The van der Waals surface area contributed by atoms with E-state index in [9.17, 15) is 0 Å². The zero-order chi connectivity index (χ0) is 13.7. The van der Waals surface area contributed by atoms with Crippen molar-refractivity contribution in [3.63, 3.8) is 0 Å². The second kappa shape index (κ2) is 6.73. The standard InChI is InChI=1S/C16H21NOS/c1-12-6-7-15(13(2)17-3)16(11-12)18-9-8-14-5-4-10-19-14/h4-7,10-11,13,17H,8-9H2,1-3H3. The normalized spacial score (nSPS) is 12.4. The molecule has 0 aliphatic heterocycles. The SMILES string of the molecule is CNC(C)c1ccc(C)cc1OCCc1cccs1. The Morgan fingerprint density at radius 2 is 2.16 bits per heavy atom. The Kier molecular flexibility index (Phi) is 5.00. The number of thiophene rings is 1. The molecule has 0 saturated carbocycles. The molecule has 1 N–H and O–H groups in total. The zero-order valence-corrected chi connectivity index (χ0v) is 12.6. The molecular weight excluding hydrogens is 254 g/mol. The second-order valence-electron chi connectivity index (χ2n) is 4.73. The highest BCUT2D eigenvalue weighted by Gasteiger charge is 2.10. The lowest BCUT2D eigenvalue weighted by Crippen LogP contribution is -2.14. The van der Waals surface area contributed by atoms with Crippen molar-refractivity contribution in [3.8, 4) is 5.75 Å². The lowest BCUT2D eigenvalue weighted by atomic mass is 10.1. The summed E-state index contributed by atoms with van der Waals surface area (Å²) in [6.45, 7) is 4.98. The smallest absolute Gasteiger partial charge is 0.124 e. The molecule has 0 aliphatic carbocycles. The summed E-state index contributed by atoms with van der Waals surface area (Å²) >= 11 is 1.78. The predicted molar refractivity (Wildman–Crippen MR) is 82.2 cm³/mol. The van der Waals surface area contributed by atoms with Crippen LogP contribution in [0.2, 0.25) is 0 Å². The van der Waals surface area contributed by atoms with Crippen molar-refractivity contribution >= 4 is 11.3 Å². The fourth-order valence-electron chi connectivity index (χ4n) is 2.00. The number of benzene rings is 1. The van der Waals surface area contributed by atoms with E-state index in [1.807, 2.05) is 7.05 Å². The molecule has 19 heavy (non-hydrogen) atoms. The minimum atomic E-state index is 0.303. The molecule has 1 heterocycles. The van der Waals surface area contributed by atoms with Gasteiger partial charge in [-0.3, -0.25) is 0 Å². The summed E-state index contributed by atoms with van der Waals surface area (Å²) in [6, 6.07) is 10.9. The van der Waals surface area contributed by atoms with Gasteiger partial charge in [-0.05, 0) is 44.0 Å². The first kappa shape index (κ1) is 14.1. The molecule has 0 fully saturated rings. The Morgan fingerprint density at radius 1 is 1.32 bits per heavy atom. The third-order valence-electron chi connectivity index (χ3n) is 3.25. The maximum Gasteiger partial charge on any atom is 0.124 e. The van der Waals surface area contributed by atoms with Crippen LogP contribution in [0.5, 0.6) is 5.75 Å². The largest absolute Gasteiger partial charge is 0.493 e. The van der Waals surface area contributed by atoms with Gasteiger partial charge in [0, 0.05) is 22.9 Å². The molecule has 2 nitrogen and oxygen atoms in total. The van der Waals surface area contributed by atoms with Crippen molar-refractivity contribution in [1.82, 2.24) is 5.32 Å². The topological polar surface area (TPSA) is 21.3 Å². The van der Waals surface area contributed by atoms with Gasteiger partial charge in [0.15, 0.2) is 0 Å². The van der Waals surface area contributed by atoms with Crippen molar-refractivity contribution < 1.29 is 4.74 Å². The van der Waals surface area contributed by atoms with Crippen LogP contribution in [0.1, 0.15) is 29.0 Å². The molecule has 2 rings (SSSR count). The summed E-state index contributed by atoms with van der Waals surface area (Å²) in [5.41, 5.74) is 2.46. The third-order valence-corrected chi connectivity index (χ3v) is 4.19. The summed E-state index contributed by atoms with van der Waals surface area (Å²) in [5.74, 6) is 0.999. The van der Waals surface area contributed by atoms with Gasteiger partial charge >= 0.3 is 0 Å². The Balaban J connectivity index is 2.03. The molecule has 1 atom stereocenters. The number of rotatable bonds is 6. The van der Waals surface area contributed by atoms with E-state index >= 15 is 0 Å². The number of nitrogens with one attached hydrogen (secondary N) is 1. The van der Waals surface area contributed by atoms with E-state index in [4.69, 9.17) is 4.74 Å². The van der Waals surface area contributed by atoms with E-state index in [0.29, 0.717) is 6.04 Å². The van der Waals surface area contributed by atoms with Gasteiger partial charge < -0.3 is 10.1 Å². The molecule has 0 aliphatic rings. The van der Waals surface area contributed by atoms with Crippen LogP contribution in [0.15, 0.2) is 35.7 Å². The highest BCUT2D eigenvalue weighted by Crippen LogP contribution is 2.26. The fourth-order valence-corrected chi connectivity index (χ4v) is 2.69.